The van der Waals surface area contributed by atoms with Crippen LogP contribution in [-0.2, 0) is 25.9 Å². The molecular weight excluding hydrogens is 338 g/mol. The average Bonchev–Trinajstić information content (AvgIpc) is 3.07. The Morgan fingerprint density at radius 3 is 2.48 bits per heavy atom. The fraction of sp³-hybridized carbons (Fsp3) is 0.591. The SMILES string of the molecule is COc1cc2c(cc1CN1CCC(O)(Cn3ccnc3C)CC1)CCCC2. The molecule has 1 saturated heterocycles. The zero-order valence-corrected chi connectivity index (χ0v) is 16.6. The molecule has 1 aromatic heterocycles. The van der Waals surface area contributed by atoms with E-state index in [2.05, 4.69) is 26.6 Å². The zero-order chi connectivity index (χ0) is 18.9. The molecule has 0 saturated carbocycles. The van der Waals surface area contributed by atoms with Gasteiger partial charge in [0.2, 0.25) is 0 Å². The number of piperidine rings is 1. The van der Waals surface area contributed by atoms with Crippen molar-refractivity contribution in [3.05, 3.63) is 47.0 Å². The Morgan fingerprint density at radius 1 is 1.15 bits per heavy atom. The van der Waals surface area contributed by atoms with E-state index in [4.69, 9.17) is 4.74 Å². The van der Waals surface area contributed by atoms with E-state index in [0.717, 1.165) is 44.0 Å². The Kier molecular flexibility index (Phi) is 5.24. The summed E-state index contributed by atoms with van der Waals surface area (Å²) in [5, 5.41) is 11.0. The molecule has 0 bridgehead atoms. The van der Waals surface area contributed by atoms with Crippen LogP contribution in [0.4, 0.5) is 0 Å². The molecule has 1 aromatic carbocycles. The van der Waals surface area contributed by atoms with Crippen molar-refractivity contribution in [2.24, 2.45) is 0 Å². The van der Waals surface area contributed by atoms with Crippen molar-refractivity contribution in [2.45, 2.75) is 64.1 Å². The van der Waals surface area contributed by atoms with E-state index in [1.54, 1.807) is 13.3 Å². The van der Waals surface area contributed by atoms with Gasteiger partial charge in [-0.1, -0.05) is 6.07 Å². The first-order chi connectivity index (χ1) is 13.1. The van der Waals surface area contributed by atoms with Gasteiger partial charge in [-0.25, -0.2) is 4.98 Å². The number of benzene rings is 1. The van der Waals surface area contributed by atoms with E-state index in [-0.39, 0.29) is 0 Å². The summed E-state index contributed by atoms with van der Waals surface area (Å²) in [5.74, 6) is 1.98. The van der Waals surface area contributed by atoms with Crippen LogP contribution in [0.3, 0.4) is 0 Å². The maximum Gasteiger partial charge on any atom is 0.123 e. The molecule has 1 aliphatic carbocycles. The molecule has 146 valence electrons. The molecular formula is C22H31N3O2. The summed E-state index contributed by atoms with van der Waals surface area (Å²) in [6, 6.07) is 4.62. The minimum absolute atomic E-state index is 0.634. The molecule has 1 aliphatic heterocycles. The van der Waals surface area contributed by atoms with Crippen LogP contribution < -0.4 is 4.74 Å². The summed E-state index contributed by atoms with van der Waals surface area (Å²) in [4.78, 5) is 6.71. The highest BCUT2D eigenvalue weighted by atomic mass is 16.5. The summed E-state index contributed by atoms with van der Waals surface area (Å²) < 4.78 is 7.75. The molecule has 0 amide bonds. The molecule has 0 radical (unpaired) electrons. The average molecular weight is 370 g/mol. The van der Waals surface area contributed by atoms with Gasteiger partial charge in [0.05, 0.1) is 19.3 Å². The molecule has 1 N–H and O–H groups in total. The number of nitrogens with zero attached hydrogens (tertiary/aromatic N) is 3. The lowest BCUT2D eigenvalue weighted by molar-refractivity contribution is -0.0362. The van der Waals surface area contributed by atoms with E-state index in [1.807, 2.05) is 13.1 Å². The van der Waals surface area contributed by atoms with Crippen molar-refractivity contribution in [2.75, 3.05) is 20.2 Å². The third-order valence-corrected chi connectivity index (χ3v) is 6.31. The van der Waals surface area contributed by atoms with Crippen molar-refractivity contribution in [3.8, 4) is 5.75 Å². The highest BCUT2D eigenvalue weighted by Crippen LogP contribution is 2.32. The van der Waals surface area contributed by atoms with Crippen LogP contribution in [0.2, 0.25) is 0 Å². The minimum Gasteiger partial charge on any atom is -0.496 e. The first-order valence-electron chi connectivity index (χ1n) is 10.2. The van der Waals surface area contributed by atoms with Crippen molar-refractivity contribution in [1.82, 2.24) is 14.5 Å². The van der Waals surface area contributed by atoms with Crippen molar-refractivity contribution >= 4 is 0 Å². The van der Waals surface area contributed by atoms with Gasteiger partial charge in [0.1, 0.15) is 11.6 Å². The molecule has 4 rings (SSSR count). The van der Waals surface area contributed by atoms with Crippen LogP contribution in [0, 0.1) is 6.92 Å². The Balaban J connectivity index is 1.41. The van der Waals surface area contributed by atoms with Gasteiger partial charge in [-0.05, 0) is 62.6 Å². The summed E-state index contributed by atoms with van der Waals surface area (Å²) in [6.45, 7) is 5.33. The number of imidazole rings is 1. The fourth-order valence-corrected chi connectivity index (χ4v) is 4.54. The van der Waals surface area contributed by atoms with Gasteiger partial charge in [0.15, 0.2) is 0 Å². The van der Waals surface area contributed by atoms with Crippen LogP contribution in [0.5, 0.6) is 5.75 Å². The fourth-order valence-electron chi connectivity index (χ4n) is 4.54. The standard InChI is InChI=1S/C22H31N3O2/c1-17-23-9-12-25(17)16-22(26)7-10-24(11-8-22)15-20-13-18-5-3-4-6-19(18)14-21(20)27-2/h9,12-14,26H,3-8,10-11,15-16H2,1-2H3. The number of fused-ring (bicyclic) bond motifs is 1. The third kappa shape index (κ3) is 4.04. The molecule has 27 heavy (non-hydrogen) atoms. The zero-order valence-electron chi connectivity index (χ0n) is 16.6. The van der Waals surface area contributed by atoms with E-state index >= 15 is 0 Å². The van der Waals surface area contributed by atoms with Gasteiger partial charge < -0.3 is 14.4 Å². The Hall–Kier alpha value is -1.85. The Labute approximate surface area is 162 Å². The number of hydrogen-bond donors (Lipinski definition) is 1. The van der Waals surface area contributed by atoms with E-state index in [0.29, 0.717) is 6.54 Å². The second-order valence-corrected chi connectivity index (χ2v) is 8.24. The Morgan fingerprint density at radius 2 is 1.85 bits per heavy atom. The monoisotopic (exact) mass is 369 g/mol. The highest BCUT2D eigenvalue weighted by molar-refractivity contribution is 5.44. The number of aryl methyl sites for hydroxylation is 3. The molecule has 5 nitrogen and oxygen atoms in total. The lowest BCUT2D eigenvalue weighted by atomic mass is 9.89. The molecule has 0 spiro atoms. The van der Waals surface area contributed by atoms with Crippen LogP contribution in [0.25, 0.3) is 0 Å². The molecule has 0 atom stereocenters. The molecule has 2 aromatic rings. The maximum absolute atomic E-state index is 11.0. The molecule has 2 aliphatic rings. The number of aromatic nitrogens is 2. The van der Waals surface area contributed by atoms with Crippen molar-refractivity contribution < 1.29 is 9.84 Å². The Bertz CT molecular complexity index is 791. The van der Waals surface area contributed by atoms with Gasteiger partial charge in [0.25, 0.3) is 0 Å². The quantitative estimate of drug-likeness (QED) is 0.880. The first kappa shape index (κ1) is 18.5. The summed E-state index contributed by atoms with van der Waals surface area (Å²) in [5.41, 5.74) is 3.61. The van der Waals surface area contributed by atoms with Gasteiger partial charge in [-0.3, -0.25) is 4.90 Å². The lowest BCUT2D eigenvalue weighted by Gasteiger charge is -2.38. The second-order valence-electron chi connectivity index (χ2n) is 8.24. The van der Waals surface area contributed by atoms with E-state index in [9.17, 15) is 5.11 Å². The molecule has 5 heteroatoms. The van der Waals surface area contributed by atoms with E-state index < -0.39 is 5.60 Å². The summed E-state index contributed by atoms with van der Waals surface area (Å²) in [6.07, 6.45) is 10.3. The second kappa shape index (κ2) is 7.64. The van der Waals surface area contributed by atoms with Crippen LogP contribution in [0.15, 0.2) is 24.5 Å². The smallest absolute Gasteiger partial charge is 0.123 e. The largest absolute Gasteiger partial charge is 0.496 e. The number of methoxy groups -OCH3 is 1. The first-order valence-corrected chi connectivity index (χ1v) is 10.2. The summed E-state index contributed by atoms with van der Waals surface area (Å²) >= 11 is 0. The van der Waals surface area contributed by atoms with Gasteiger partial charge in [-0.2, -0.15) is 0 Å². The molecule has 2 heterocycles. The predicted molar refractivity (Wildman–Crippen MR) is 106 cm³/mol. The molecule has 0 unspecified atom stereocenters. The number of ether oxygens (including phenoxy) is 1. The van der Waals surface area contributed by atoms with Gasteiger partial charge in [0, 0.05) is 37.6 Å². The lowest BCUT2D eigenvalue weighted by Crippen LogP contribution is -2.46. The molecule has 1 fully saturated rings. The number of likely N-dealkylation sites (tertiary alicyclic amines) is 1. The number of hydrogen-bond acceptors (Lipinski definition) is 4. The predicted octanol–water partition coefficient (Wildman–Crippen LogP) is 3.11. The van der Waals surface area contributed by atoms with Crippen LogP contribution >= 0.6 is 0 Å². The van der Waals surface area contributed by atoms with E-state index in [1.165, 1.54) is 42.4 Å². The van der Waals surface area contributed by atoms with Crippen LogP contribution in [-0.4, -0.2) is 45.4 Å². The van der Waals surface area contributed by atoms with Crippen molar-refractivity contribution in [1.29, 1.82) is 0 Å². The number of aliphatic hydroxyl groups is 1. The highest BCUT2D eigenvalue weighted by Gasteiger charge is 2.33. The minimum atomic E-state index is -0.637. The van der Waals surface area contributed by atoms with Crippen LogP contribution in [0.1, 0.15) is 48.2 Å². The van der Waals surface area contributed by atoms with Gasteiger partial charge in [-0.15, -0.1) is 0 Å². The van der Waals surface area contributed by atoms with Crippen molar-refractivity contribution in [3.63, 3.8) is 0 Å². The summed E-state index contributed by atoms with van der Waals surface area (Å²) in [7, 11) is 1.77. The third-order valence-electron chi connectivity index (χ3n) is 6.31. The van der Waals surface area contributed by atoms with Gasteiger partial charge >= 0.3 is 0 Å². The maximum atomic E-state index is 11.0. The topological polar surface area (TPSA) is 50.5 Å². The normalized spacial score (nSPS) is 19.7. The number of rotatable bonds is 5.